The van der Waals surface area contributed by atoms with Crippen LogP contribution in [0.3, 0.4) is 0 Å². The van der Waals surface area contributed by atoms with Gasteiger partial charge in [-0.1, -0.05) is 30.3 Å². The molecule has 0 radical (unpaired) electrons. The molecule has 1 heterocycles. The van der Waals surface area contributed by atoms with Gasteiger partial charge in [0.15, 0.2) is 5.11 Å². The maximum absolute atomic E-state index is 12.8. The van der Waals surface area contributed by atoms with Crippen molar-refractivity contribution in [3.05, 3.63) is 53.2 Å². The van der Waals surface area contributed by atoms with Crippen molar-refractivity contribution in [3.8, 4) is 5.75 Å². The quantitative estimate of drug-likeness (QED) is 0.811. The number of allylic oxidation sites excluding steroid dienone is 1. The van der Waals surface area contributed by atoms with E-state index < -0.39 is 0 Å². The van der Waals surface area contributed by atoms with E-state index in [1.807, 2.05) is 50.2 Å². The minimum absolute atomic E-state index is 0.0482. The number of fused-ring (bicyclic) bond motifs is 1. The van der Waals surface area contributed by atoms with Crippen LogP contribution in [-0.2, 0) is 4.79 Å². The molecule has 2 N–H and O–H groups in total. The lowest BCUT2D eigenvalue weighted by atomic mass is 9.90. The average Bonchev–Trinajstić information content (AvgIpc) is 2.61. The van der Waals surface area contributed by atoms with Crippen molar-refractivity contribution in [1.82, 2.24) is 15.5 Å². The molecule has 0 spiro atoms. The molecule has 6 heteroatoms. The number of benzene rings is 2. The Morgan fingerprint density at radius 1 is 1.19 bits per heavy atom. The molecule has 136 valence electrons. The zero-order valence-corrected chi connectivity index (χ0v) is 16.2. The summed E-state index contributed by atoms with van der Waals surface area (Å²) in [5, 5.41) is 8.91. The molecule has 0 aromatic heterocycles. The van der Waals surface area contributed by atoms with E-state index in [4.69, 9.17) is 17.0 Å². The van der Waals surface area contributed by atoms with Gasteiger partial charge in [0, 0.05) is 25.2 Å². The second kappa shape index (κ2) is 7.33. The topological polar surface area (TPSA) is 53.6 Å². The summed E-state index contributed by atoms with van der Waals surface area (Å²) in [5.41, 5.74) is 2.44. The molecule has 0 bridgehead atoms. The molecule has 0 unspecified atom stereocenters. The number of carbonyl (C=O) groups is 1. The predicted octanol–water partition coefficient (Wildman–Crippen LogP) is 3.12. The largest absolute Gasteiger partial charge is 0.493 e. The molecule has 0 saturated carbocycles. The zero-order chi connectivity index (χ0) is 18.8. The summed E-state index contributed by atoms with van der Waals surface area (Å²) in [4.78, 5) is 14.4. The Kier molecular flexibility index (Phi) is 5.13. The molecule has 1 amide bonds. The first kappa shape index (κ1) is 18.2. The summed E-state index contributed by atoms with van der Waals surface area (Å²) in [6.45, 7) is 4.45. The summed E-state index contributed by atoms with van der Waals surface area (Å²) in [6.07, 6.45) is 0. The van der Waals surface area contributed by atoms with Gasteiger partial charge in [-0.05, 0) is 43.1 Å². The van der Waals surface area contributed by atoms with E-state index in [9.17, 15) is 4.79 Å². The van der Waals surface area contributed by atoms with Crippen molar-refractivity contribution in [2.45, 2.75) is 19.9 Å². The second-order valence-corrected chi connectivity index (χ2v) is 6.81. The lowest BCUT2D eigenvalue weighted by Crippen LogP contribution is -2.46. The molecule has 0 aliphatic carbocycles. The molecule has 1 atom stereocenters. The first-order valence-electron chi connectivity index (χ1n) is 8.58. The lowest BCUT2D eigenvalue weighted by Gasteiger charge is -2.32. The summed E-state index contributed by atoms with van der Waals surface area (Å²) in [5.74, 6) is 0.789. The van der Waals surface area contributed by atoms with Crippen molar-refractivity contribution in [2.24, 2.45) is 0 Å². The zero-order valence-electron chi connectivity index (χ0n) is 15.4. The summed E-state index contributed by atoms with van der Waals surface area (Å²) in [6, 6.07) is 11.7. The number of nitrogens with zero attached hydrogens (tertiary/aromatic N) is 1. The highest BCUT2D eigenvalue weighted by atomic mass is 32.1. The molecule has 1 aliphatic heterocycles. The van der Waals surface area contributed by atoms with Gasteiger partial charge in [0.2, 0.25) is 0 Å². The minimum Gasteiger partial charge on any atom is -0.493 e. The van der Waals surface area contributed by atoms with Gasteiger partial charge in [-0.25, -0.2) is 0 Å². The summed E-state index contributed by atoms with van der Waals surface area (Å²) < 4.78 is 5.77. The van der Waals surface area contributed by atoms with Crippen molar-refractivity contribution in [3.63, 3.8) is 0 Å². The Morgan fingerprint density at radius 2 is 1.88 bits per heavy atom. The van der Waals surface area contributed by atoms with Gasteiger partial charge in [0.1, 0.15) is 5.75 Å². The van der Waals surface area contributed by atoms with Crippen LogP contribution in [0.5, 0.6) is 5.75 Å². The van der Waals surface area contributed by atoms with E-state index in [0.717, 1.165) is 27.8 Å². The smallest absolute Gasteiger partial charge is 0.253 e. The fourth-order valence-electron chi connectivity index (χ4n) is 3.28. The van der Waals surface area contributed by atoms with Gasteiger partial charge in [-0.15, -0.1) is 0 Å². The predicted molar refractivity (Wildman–Crippen MR) is 108 cm³/mol. The monoisotopic (exact) mass is 369 g/mol. The summed E-state index contributed by atoms with van der Waals surface area (Å²) in [7, 11) is 3.51. The van der Waals surface area contributed by atoms with E-state index >= 15 is 0 Å². The molecule has 5 nitrogen and oxygen atoms in total. The maximum Gasteiger partial charge on any atom is 0.253 e. The van der Waals surface area contributed by atoms with E-state index in [-0.39, 0.29) is 11.9 Å². The van der Waals surface area contributed by atoms with E-state index in [0.29, 0.717) is 17.3 Å². The Labute approximate surface area is 159 Å². The Morgan fingerprint density at radius 3 is 2.54 bits per heavy atom. The van der Waals surface area contributed by atoms with E-state index in [2.05, 4.69) is 10.6 Å². The third kappa shape index (κ3) is 3.24. The molecule has 26 heavy (non-hydrogen) atoms. The third-order valence-corrected chi connectivity index (χ3v) is 4.65. The van der Waals surface area contributed by atoms with Crippen LogP contribution >= 0.6 is 12.2 Å². The van der Waals surface area contributed by atoms with Crippen LogP contribution in [0, 0.1) is 0 Å². The maximum atomic E-state index is 12.8. The number of nitrogens with one attached hydrogen (secondary N) is 2. The van der Waals surface area contributed by atoms with Crippen LogP contribution in [-0.4, -0.2) is 36.6 Å². The lowest BCUT2D eigenvalue weighted by molar-refractivity contribution is -0.125. The van der Waals surface area contributed by atoms with Gasteiger partial charge in [-0.2, -0.15) is 0 Å². The van der Waals surface area contributed by atoms with Gasteiger partial charge in [0.25, 0.3) is 5.91 Å². The van der Waals surface area contributed by atoms with Gasteiger partial charge < -0.3 is 20.3 Å². The van der Waals surface area contributed by atoms with Crippen molar-refractivity contribution < 1.29 is 9.53 Å². The van der Waals surface area contributed by atoms with Gasteiger partial charge in [-0.3, -0.25) is 4.79 Å². The van der Waals surface area contributed by atoms with Crippen molar-refractivity contribution >= 4 is 34.0 Å². The van der Waals surface area contributed by atoms with Crippen LogP contribution in [0.2, 0.25) is 0 Å². The average molecular weight is 369 g/mol. The Balaban J connectivity index is 2.21. The van der Waals surface area contributed by atoms with Crippen LogP contribution in [0.1, 0.15) is 25.5 Å². The van der Waals surface area contributed by atoms with Crippen LogP contribution < -0.4 is 15.4 Å². The second-order valence-electron chi connectivity index (χ2n) is 6.40. The number of thiocarbonyl (C=S) groups is 1. The first-order chi connectivity index (χ1) is 12.4. The molecule has 1 aliphatic rings. The normalized spacial score (nSPS) is 16.9. The molecule has 2 aromatic rings. The fourth-order valence-corrected chi connectivity index (χ4v) is 3.55. The Hall–Kier alpha value is -2.60. The van der Waals surface area contributed by atoms with Crippen LogP contribution in [0.4, 0.5) is 0 Å². The van der Waals surface area contributed by atoms with Gasteiger partial charge >= 0.3 is 0 Å². The highest BCUT2D eigenvalue weighted by molar-refractivity contribution is 7.80. The van der Waals surface area contributed by atoms with Crippen LogP contribution in [0.25, 0.3) is 10.8 Å². The highest BCUT2D eigenvalue weighted by Gasteiger charge is 2.31. The Bertz CT molecular complexity index is 905. The standard InChI is InChI=1S/C20H23N3O2S/c1-5-25-16-11-10-15(13-8-6-7-9-14(13)16)18-17(19(24)23(3)4)12(2)21-20(26)22-18/h6-11,18H,5H2,1-4H3,(H2,21,22,26)/t18-/m0/s1. The van der Waals surface area contributed by atoms with Crippen LogP contribution in [0.15, 0.2) is 47.7 Å². The molecular weight excluding hydrogens is 346 g/mol. The highest BCUT2D eigenvalue weighted by Crippen LogP contribution is 2.36. The minimum atomic E-state index is -0.320. The number of amides is 1. The fraction of sp³-hybridized carbons (Fsp3) is 0.300. The van der Waals surface area contributed by atoms with Crippen molar-refractivity contribution in [2.75, 3.05) is 20.7 Å². The SMILES string of the molecule is CCOc1ccc([C@@H]2NC(=S)NC(C)=C2C(=O)N(C)C)c2ccccc12. The first-order valence-corrected chi connectivity index (χ1v) is 8.99. The summed E-state index contributed by atoms with van der Waals surface area (Å²) >= 11 is 5.35. The molecule has 3 rings (SSSR count). The number of hydrogen-bond acceptors (Lipinski definition) is 3. The molecule has 0 saturated heterocycles. The molecular formula is C20H23N3O2S. The number of carbonyl (C=O) groups excluding carboxylic acids is 1. The number of likely N-dealkylation sites (N-methyl/N-ethyl adjacent to an activating group) is 1. The third-order valence-electron chi connectivity index (χ3n) is 4.43. The van der Waals surface area contributed by atoms with Crippen molar-refractivity contribution in [1.29, 1.82) is 0 Å². The molecule has 0 fully saturated rings. The van der Waals surface area contributed by atoms with E-state index in [1.54, 1.807) is 19.0 Å². The molecule has 2 aromatic carbocycles. The number of ether oxygens (including phenoxy) is 1. The van der Waals surface area contributed by atoms with Gasteiger partial charge in [0.05, 0.1) is 18.2 Å². The number of rotatable bonds is 4. The van der Waals surface area contributed by atoms with E-state index in [1.165, 1.54) is 0 Å². The number of hydrogen-bond donors (Lipinski definition) is 2.